The molecule has 1 atom stereocenters. The summed E-state index contributed by atoms with van der Waals surface area (Å²) in [5.41, 5.74) is 11.1. The van der Waals surface area contributed by atoms with Gasteiger partial charge in [0.1, 0.15) is 0 Å². The molecule has 0 aliphatic rings. The second-order valence-electron chi connectivity index (χ2n) is 4.39. The number of hydrogen-bond donors (Lipinski definition) is 4. The van der Waals surface area contributed by atoms with Gasteiger partial charge in [-0.2, -0.15) is 0 Å². The maximum atomic E-state index is 11.5. The van der Waals surface area contributed by atoms with Crippen molar-refractivity contribution in [2.24, 2.45) is 11.5 Å². The molecule has 0 heterocycles. The van der Waals surface area contributed by atoms with Crippen molar-refractivity contribution < 1.29 is 14.7 Å². The number of nitrogens with two attached hydrogens (primary N) is 2. The monoisotopic (exact) mass is 259 g/mol. The second kappa shape index (κ2) is 11.0. The number of carboxylic acids is 1. The molecule has 0 aliphatic carbocycles. The number of hydrogen-bond acceptors (Lipinski definition) is 4. The Labute approximate surface area is 108 Å². The van der Waals surface area contributed by atoms with Crippen molar-refractivity contribution in [1.82, 2.24) is 5.32 Å². The van der Waals surface area contributed by atoms with Crippen molar-refractivity contribution >= 4 is 11.9 Å². The molecule has 0 aromatic heterocycles. The minimum atomic E-state index is -0.777. The average Bonchev–Trinajstić information content (AvgIpc) is 2.33. The minimum absolute atomic E-state index is 0.134. The summed E-state index contributed by atoms with van der Waals surface area (Å²) in [5.74, 6) is -0.911. The molecule has 0 saturated heterocycles. The lowest BCUT2D eigenvalue weighted by Gasteiger charge is -2.11. The van der Waals surface area contributed by atoms with E-state index in [1.54, 1.807) is 0 Å². The smallest absolute Gasteiger partial charge is 0.303 e. The molecule has 1 amide bonds. The van der Waals surface area contributed by atoms with Crippen molar-refractivity contribution in [3.8, 4) is 0 Å². The fourth-order valence-corrected chi connectivity index (χ4v) is 1.56. The second-order valence-corrected chi connectivity index (χ2v) is 4.39. The van der Waals surface area contributed by atoms with E-state index in [1.165, 1.54) is 0 Å². The van der Waals surface area contributed by atoms with Gasteiger partial charge in [0, 0.05) is 13.0 Å². The Hall–Kier alpha value is -1.14. The van der Waals surface area contributed by atoms with Crippen molar-refractivity contribution in [2.45, 2.75) is 51.0 Å². The molecule has 0 aromatic carbocycles. The van der Waals surface area contributed by atoms with Crippen LogP contribution in [0.4, 0.5) is 0 Å². The zero-order chi connectivity index (χ0) is 13.8. The van der Waals surface area contributed by atoms with Crippen molar-refractivity contribution in [2.75, 3.05) is 13.1 Å². The highest BCUT2D eigenvalue weighted by molar-refractivity contribution is 5.81. The molecular formula is C12H25N3O3. The standard InChI is InChI=1S/C12H25N3O3/c13-8-4-3-6-10(14)12(18)15-9-5-1-2-7-11(16)17/h10H,1-9,13-14H2,(H,15,18)(H,16,17). The Morgan fingerprint density at radius 2 is 1.83 bits per heavy atom. The predicted octanol–water partition coefficient (Wildman–Crippen LogP) is 0.204. The largest absolute Gasteiger partial charge is 0.481 e. The quantitative estimate of drug-likeness (QED) is 0.395. The molecule has 0 bridgehead atoms. The van der Waals surface area contributed by atoms with E-state index in [0.717, 1.165) is 25.7 Å². The lowest BCUT2D eigenvalue weighted by molar-refractivity contribution is -0.137. The van der Waals surface area contributed by atoms with E-state index in [4.69, 9.17) is 16.6 Å². The van der Waals surface area contributed by atoms with Crippen LogP contribution in [0, 0.1) is 0 Å². The van der Waals surface area contributed by atoms with Crippen LogP contribution in [0.3, 0.4) is 0 Å². The summed E-state index contributed by atoms with van der Waals surface area (Å²) in [5, 5.41) is 11.2. The highest BCUT2D eigenvalue weighted by atomic mass is 16.4. The van der Waals surface area contributed by atoms with Gasteiger partial charge in [-0.25, -0.2) is 0 Å². The number of aliphatic carboxylic acids is 1. The van der Waals surface area contributed by atoms with E-state index in [9.17, 15) is 9.59 Å². The molecule has 0 aromatic rings. The third kappa shape index (κ3) is 10.0. The molecular weight excluding hydrogens is 234 g/mol. The molecule has 18 heavy (non-hydrogen) atoms. The summed E-state index contributed by atoms with van der Waals surface area (Å²) in [7, 11) is 0. The van der Waals surface area contributed by atoms with E-state index in [-0.39, 0.29) is 12.3 Å². The molecule has 0 aliphatic heterocycles. The molecule has 0 rings (SSSR count). The van der Waals surface area contributed by atoms with Gasteiger partial charge in [-0.3, -0.25) is 9.59 Å². The normalized spacial score (nSPS) is 12.1. The van der Waals surface area contributed by atoms with Crippen LogP contribution in [-0.2, 0) is 9.59 Å². The molecule has 6 heteroatoms. The third-order valence-electron chi connectivity index (χ3n) is 2.67. The van der Waals surface area contributed by atoms with Gasteiger partial charge in [0.05, 0.1) is 6.04 Å². The van der Waals surface area contributed by atoms with Gasteiger partial charge in [-0.1, -0.05) is 12.8 Å². The fourth-order valence-electron chi connectivity index (χ4n) is 1.56. The van der Waals surface area contributed by atoms with Crippen molar-refractivity contribution in [3.05, 3.63) is 0 Å². The Morgan fingerprint density at radius 1 is 1.11 bits per heavy atom. The van der Waals surface area contributed by atoms with Crippen LogP contribution in [0.15, 0.2) is 0 Å². The van der Waals surface area contributed by atoms with Crippen molar-refractivity contribution in [3.63, 3.8) is 0 Å². The summed E-state index contributed by atoms with van der Waals surface area (Å²) >= 11 is 0. The third-order valence-corrected chi connectivity index (χ3v) is 2.67. The van der Waals surface area contributed by atoms with E-state index in [1.807, 2.05) is 0 Å². The van der Waals surface area contributed by atoms with Crippen LogP contribution in [-0.4, -0.2) is 36.1 Å². The Kier molecular flexibility index (Phi) is 10.3. The van der Waals surface area contributed by atoms with E-state index in [2.05, 4.69) is 5.32 Å². The van der Waals surface area contributed by atoms with E-state index >= 15 is 0 Å². The summed E-state index contributed by atoms with van der Waals surface area (Å²) in [4.78, 5) is 21.8. The molecule has 0 radical (unpaired) electrons. The van der Waals surface area contributed by atoms with Crippen LogP contribution in [0.25, 0.3) is 0 Å². The zero-order valence-electron chi connectivity index (χ0n) is 10.9. The highest BCUT2D eigenvalue weighted by Gasteiger charge is 2.11. The van der Waals surface area contributed by atoms with Gasteiger partial charge in [0.25, 0.3) is 0 Å². The first-order valence-electron chi connectivity index (χ1n) is 6.53. The molecule has 0 saturated carbocycles. The maximum Gasteiger partial charge on any atom is 0.303 e. The number of carboxylic acid groups (broad SMARTS) is 1. The van der Waals surface area contributed by atoms with Crippen molar-refractivity contribution in [1.29, 1.82) is 0 Å². The van der Waals surface area contributed by atoms with Crippen LogP contribution < -0.4 is 16.8 Å². The molecule has 0 spiro atoms. The van der Waals surface area contributed by atoms with Gasteiger partial charge in [0.15, 0.2) is 0 Å². The molecule has 1 unspecified atom stereocenters. The number of nitrogens with one attached hydrogen (secondary N) is 1. The Bertz CT molecular complexity index is 247. The first kappa shape index (κ1) is 16.9. The molecule has 6 N–H and O–H groups in total. The van der Waals surface area contributed by atoms with Crippen LogP contribution in [0.1, 0.15) is 44.9 Å². The summed E-state index contributed by atoms with van der Waals surface area (Å²) in [6.07, 6.45) is 4.83. The van der Waals surface area contributed by atoms with Crippen LogP contribution in [0.2, 0.25) is 0 Å². The molecule has 6 nitrogen and oxygen atoms in total. The zero-order valence-corrected chi connectivity index (χ0v) is 10.9. The van der Waals surface area contributed by atoms with Gasteiger partial charge >= 0.3 is 5.97 Å². The Morgan fingerprint density at radius 3 is 2.44 bits per heavy atom. The summed E-state index contributed by atoms with van der Waals surface area (Å²) < 4.78 is 0. The highest BCUT2D eigenvalue weighted by Crippen LogP contribution is 2.00. The number of rotatable bonds is 11. The van der Waals surface area contributed by atoms with E-state index in [0.29, 0.717) is 25.9 Å². The predicted molar refractivity (Wildman–Crippen MR) is 70.0 cm³/mol. The first-order valence-corrected chi connectivity index (χ1v) is 6.53. The summed E-state index contributed by atoms with van der Waals surface area (Å²) in [6, 6.07) is -0.462. The SMILES string of the molecule is NCCCCC(N)C(=O)NCCCCCC(=O)O. The van der Waals surface area contributed by atoms with Gasteiger partial charge < -0.3 is 21.9 Å². The first-order chi connectivity index (χ1) is 8.57. The summed E-state index contributed by atoms with van der Waals surface area (Å²) in [6.45, 7) is 1.18. The lowest BCUT2D eigenvalue weighted by Crippen LogP contribution is -2.40. The fraction of sp³-hybridized carbons (Fsp3) is 0.833. The minimum Gasteiger partial charge on any atom is -0.481 e. The van der Waals surface area contributed by atoms with Gasteiger partial charge in [-0.15, -0.1) is 0 Å². The van der Waals surface area contributed by atoms with Crippen LogP contribution >= 0.6 is 0 Å². The van der Waals surface area contributed by atoms with Gasteiger partial charge in [-0.05, 0) is 32.2 Å². The maximum absolute atomic E-state index is 11.5. The van der Waals surface area contributed by atoms with Gasteiger partial charge in [0.2, 0.25) is 5.91 Å². The topological polar surface area (TPSA) is 118 Å². The molecule has 106 valence electrons. The van der Waals surface area contributed by atoms with Crippen LogP contribution in [0.5, 0.6) is 0 Å². The molecule has 0 fully saturated rings. The van der Waals surface area contributed by atoms with E-state index < -0.39 is 12.0 Å². The number of unbranched alkanes of at least 4 members (excludes halogenated alkanes) is 3. The lowest BCUT2D eigenvalue weighted by atomic mass is 10.1. The number of carbonyl (C=O) groups is 2. The number of carbonyl (C=O) groups excluding carboxylic acids is 1. The average molecular weight is 259 g/mol. The Balaban J connectivity index is 3.43. The number of amides is 1.